The van der Waals surface area contributed by atoms with Crippen LogP contribution >= 0.6 is 11.6 Å². The van der Waals surface area contributed by atoms with E-state index in [1.165, 1.54) is 24.4 Å². The lowest BCUT2D eigenvalue weighted by molar-refractivity contribution is -0.124. The van der Waals surface area contributed by atoms with Gasteiger partial charge in [0.05, 0.1) is 16.3 Å². The molecule has 7 nitrogen and oxygen atoms in total. The summed E-state index contributed by atoms with van der Waals surface area (Å²) < 4.78 is 41.7. The summed E-state index contributed by atoms with van der Waals surface area (Å²) >= 11 is 6.16. The second-order valence-corrected chi connectivity index (χ2v) is 8.05. The standard InChI is InChI=1S/C23H20ClF3N4O3/c1-10(2)30-22(33)16-7-12(9-29-21(16)28)15-3-4-17(19(27)18(15)24)31-23(34)20(32)11-5-13(25)8-14(26)6-11/h3-10,20,32H,1-2H3,(H2,28,29)(H,30,33)(H,31,34). The number of hydrogen-bond acceptors (Lipinski definition) is 5. The average Bonchev–Trinajstić information content (AvgIpc) is 2.76. The van der Waals surface area contributed by atoms with Gasteiger partial charge in [0.1, 0.15) is 17.5 Å². The molecule has 0 aliphatic rings. The van der Waals surface area contributed by atoms with Crippen LogP contribution in [0.5, 0.6) is 0 Å². The van der Waals surface area contributed by atoms with Gasteiger partial charge >= 0.3 is 0 Å². The summed E-state index contributed by atoms with van der Waals surface area (Å²) in [5, 5.41) is 14.5. The Morgan fingerprint density at radius 3 is 2.35 bits per heavy atom. The molecule has 11 heteroatoms. The molecule has 0 saturated carbocycles. The molecule has 0 aliphatic heterocycles. The molecule has 0 saturated heterocycles. The number of nitrogens with one attached hydrogen (secondary N) is 2. The molecular weight excluding hydrogens is 473 g/mol. The smallest absolute Gasteiger partial charge is 0.257 e. The number of rotatable bonds is 6. The van der Waals surface area contributed by atoms with Crippen molar-refractivity contribution in [2.75, 3.05) is 11.1 Å². The summed E-state index contributed by atoms with van der Waals surface area (Å²) in [4.78, 5) is 28.6. The Balaban J connectivity index is 1.88. The van der Waals surface area contributed by atoms with Gasteiger partial charge < -0.3 is 21.5 Å². The third-order valence-corrected chi connectivity index (χ3v) is 5.05. The predicted octanol–water partition coefficient (Wildman–Crippen LogP) is 4.21. The van der Waals surface area contributed by atoms with Crippen molar-refractivity contribution in [1.82, 2.24) is 10.3 Å². The summed E-state index contributed by atoms with van der Waals surface area (Å²) in [6.07, 6.45) is -0.658. The monoisotopic (exact) mass is 492 g/mol. The number of anilines is 2. The highest BCUT2D eigenvalue weighted by Gasteiger charge is 2.22. The van der Waals surface area contributed by atoms with Crippen molar-refractivity contribution in [2.45, 2.75) is 26.0 Å². The number of benzene rings is 2. The molecular formula is C23H20ClF3N4O3. The van der Waals surface area contributed by atoms with Gasteiger partial charge in [0, 0.05) is 29.4 Å². The minimum absolute atomic E-state index is 0.0230. The SMILES string of the molecule is CC(C)NC(=O)c1cc(-c2ccc(NC(=O)C(O)c3cc(F)cc(F)c3)c(F)c2Cl)cnc1N. The highest BCUT2D eigenvalue weighted by atomic mass is 35.5. The fourth-order valence-electron chi connectivity index (χ4n) is 3.10. The Morgan fingerprint density at radius 2 is 1.74 bits per heavy atom. The number of carbonyl (C=O) groups is 2. The van der Waals surface area contributed by atoms with Gasteiger partial charge in [0.15, 0.2) is 11.9 Å². The molecule has 0 aliphatic carbocycles. The summed E-state index contributed by atoms with van der Waals surface area (Å²) in [6.45, 7) is 3.54. The third-order valence-electron chi connectivity index (χ3n) is 4.68. The molecule has 2 amide bonds. The predicted molar refractivity (Wildman–Crippen MR) is 122 cm³/mol. The minimum Gasteiger partial charge on any atom is -0.383 e. The van der Waals surface area contributed by atoms with Crippen LogP contribution in [0.1, 0.15) is 35.9 Å². The van der Waals surface area contributed by atoms with Gasteiger partial charge in [0.2, 0.25) is 0 Å². The highest BCUT2D eigenvalue weighted by molar-refractivity contribution is 6.34. The number of halogens is 4. The first-order valence-corrected chi connectivity index (χ1v) is 10.4. The molecule has 0 spiro atoms. The Kier molecular flexibility index (Phi) is 7.43. The lowest BCUT2D eigenvalue weighted by Crippen LogP contribution is -2.30. The zero-order chi connectivity index (χ0) is 25.2. The Morgan fingerprint density at radius 1 is 1.09 bits per heavy atom. The van der Waals surface area contributed by atoms with Gasteiger partial charge in [-0.25, -0.2) is 18.2 Å². The first-order valence-electron chi connectivity index (χ1n) is 9.97. The molecule has 1 aromatic heterocycles. The summed E-state index contributed by atoms with van der Waals surface area (Å²) in [5.74, 6) is -4.63. The topological polar surface area (TPSA) is 117 Å². The maximum absolute atomic E-state index is 14.9. The summed E-state index contributed by atoms with van der Waals surface area (Å²) in [6, 6.07) is 5.93. The molecule has 0 fully saturated rings. The minimum atomic E-state index is -1.97. The van der Waals surface area contributed by atoms with Gasteiger partial charge in [0.25, 0.3) is 11.8 Å². The van der Waals surface area contributed by atoms with E-state index in [-0.39, 0.29) is 34.2 Å². The Hall–Kier alpha value is -3.63. The number of nitrogen functional groups attached to an aromatic ring is 1. The number of aromatic nitrogens is 1. The molecule has 178 valence electrons. The molecule has 0 radical (unpaired) electrons. The second kappa shape index (κ2) is 10.1. The molecule has 1 heterocycles. The van der Waals surface area contributed by atoms with E-state index >= 15 is 0 Å². The van der Waals surface area contributed by atoms with E-state index in [2.05, 4.69) is 15.6 Å². The number of aliphatic hydroxyl groups excluding tert-OH is 1. The number of nitrogens with two attached hydrogens (primary N) is 1. The number of pyridine rings is 1. The maximum atomic E-state index is 14.9. The van der Waals surface area contributed by atoms with Crippen molar-refractivity contribution in [1.29, 1.82) is 0 Å². The van der Waals surface area contributed by atoms with E-state index in [1.807, 2.05) is 0 Å². The summed E-state index contributed by atoms with van der Waals surface area (Å²) in [7, 11) is 0. The first kappa shape index (κ1) is 25.0. The van der Waals surface area contributed by atoms with Gasteiger partial charge in [-0.3, -0.25) is 9.59 Å². The number of hydrogen-bond donors (Lipinski definition) is 4. The first-order chi connectivity index (χ1) is 16.0. The van der Waals surface area contributed by atoms with Gasteiger partial charge in [-0.15, -0.1) is 0 Å². The molecule has 34 heavy (non-hydrogen) atoms. The van der Waals surface area contributed by atoms with Gasteiger partial charge in [-0.05, 0) is 43.7 Å². The van der Waals surface area contributed by atoms with Crippen molar-refractivity contribution in [2.24, 2.45) is 0 Å². The molecule has 3 aromatic rings. The normalized spacial score (nSPS) is 11.9. The van der Waals surface area contributed by atoms with Crippen LogP contribution in [-0.2, 0) is 4.79 Å². The van der Waals surface area contributed by atoms with E-state index < -0.39 is 40.4 Å². The van der Waals surface area contributed by atoms with E-state index in [4.69, 9.17) is 17.3 Å². The third kappa shape index (κ3) is 5.46. The zero-order valence-corrected chi connectivity index (χ0v) is 18.8. The van der Waals surface area contributed by atoms with Crippen LogP contribution in [-0.4, -0.2) is 27.9 Å². The van der Waals surface area contributed by atoms with Crippen molar-refractivity contribution < 1.29 is 27.9 Å². The van der Waals surface area contributed by atoms with Gasteiger partial charge in [-0.2, -0.15) is 0 Å². The molecule has 1 unspecified atom stereocenters. The van der Waals surface area contributed by atoms with Crippen molar-refractivity contribution in [3.8, 4) is 11.1 Å². The molecule has 1 atom stereocenters. The lowest BCUT2D eigenvalue weighted by Gasteiger charge is -2.15. The largest absolute Gasteiger partial charge is 0.383 e. The number of amides is 2. The summed E-state index contributed by atoms with van der Waals surface area (Å²) in [5.41, 5.74) is 5.59. The quantitative estimate of drug-likeness (QED) is 0.411. The van der Waals surface area contributed by atoms with Crippen molar-refractivity contribution in [3.05, 3.63) is 76.2 Å². The second-order valence-electron chi connectivity index (χ2n) is 7.67. The number of carbonyl (C=O) groups excluding carboxylic acids is 2. The van der Waals surface area contributed by atoms with E-state index in [1.54, 1.807) is 13.8 Å². The van der Waals surface area contributed by atoms with E-state index in [0.717, 1.165) is 12.1 Å². The van der Waals surface area contributed by atoms with Crippen LogP contribution in [0.25, 0.3) is 11.1 Å². The fourth-order valence-corrected chi connectivity index (χ4v) is 3.37. The van der Waals surface area contributed by atoms with Gasteiger partial charge in [-0.1, -0.05) is 17.7 Å². The van der Waals surface area contributed by atoms with E-state index in [0.29, 0.717) is 11.6 Å². The van der Waals surface area contributed by atoms with Crippen LogP contribution in [0, 0.1) is 17.5 Å². The van der Waals surface area contributed by atoms with Crippen LogP contribution in [0.3, 0.4) is 0 Å². The van der Waals surface area contributed by atoms with E-state index in [9.17, 15) is 27.9 Å². The molecule has 3 rings (SSSR count). The highest BCUT2D eigenvalue weighted by Crippen LogP contribution is 2.35. The Bertz CT molecular complexity index is 1250. The Labute approximate surface area is 197 Å². The molecule has 0 bridgehead atoms. The lowest BCUT2D eigenvalue weighted by atomic mass is 10.0. The van der Waals surface area contributed by atoms with Crippen LogP contribution in [0.4, 0.5) is 24.7 Å². The van der Waals surface area contributed by atoms with Crippen molar-refractivity contribution in [3.63, 3.8) is 0 Å². The number of nitrogens with zero attached hydrogens (tertiary/aromatic N) is 1. The van der Waals surface area contributed by atoms with Crippen LogP contribution in [0.15, 0.2) is 42.6 Å². The molecule has 2 aromatic carbocycles. The van der Waals surface area contributed by atoms with Crippen LogP contribution < -0.4 is 16.4 Å². The fraction of sp³-hybridized carbons (Fsp3) is 0.174. The average molecular weight is 493 g/mol. The maximum Gasteiger partial charge on any atom is 0.257 e. The number of aliphatic hydroxyl groups is 1. The van der Waals surface area contributed by atoms with Crippen molar-refractivity contribution >= 4 is 34.9 Å². The van der Waals surface area contributed by atoms with Crippen LogP contribution in [0.2, 0.25) is 5.02 Å². The zero-order valence-electron chi connectivity index (χ0n) is 18.0. The molecule has 5 N–H and O–H groups in total.